The Morgan fingerprint density at radius 2 is 1.69 bits per heavy atom. The van der Waals surface area contributed by atoms with E-state index in [0.717, 1.165) is 44.4 Å². The molecule has 1 aromatic carbocycles. The van der Waals surface area contributed by atoms with Crippen LogP contribution >= 0.6 is 0 Å². The zero-order valence-corrected chi connectivity index (χ0v) is 21.8. The molecule has 0 radical (unpaired) electrons. The van der Waals surface area contributed by atoms with Gasteiger partial charge in [-0.15, -0.1) is 0 Å². The monoisotopic (exact) mass is 479 g/mol. The molecule has 3 saturated carbocycles. The van der Waals surface area contributed by atoms with E-state index < -0.39 is 16.6 Å². The van der Waals surface area contributed by atoms with Gasteiger partial charge in [-0.2, -0.15) is 0 Å². The van der Waals surface area contributed by atoms with Gasteiger partial charge in [0, 0.05) is 12.0 Å². The molecule has 1 saturated heterocycles. The molecule has 192 valence electrons. The second-order valence-electron chi connectivity index (χ2n) is 13.0. The Bertz CT molecular complexity index is 944. The van der Waals surface area contributed by atoms with Gasteiger partial charge < -0.3 is 19.8 Å². The molecular weight excluding hydrogens is 434 g/mol. The van der Waals surface area contributed by atoms with Crippen LogP contribution in [-0.4, -0.2) is 53.1 Å². The fourth-order valence-corrected chi connectivity index (χ4v) is 9.32. The summed E-state index contributed by atoms with van der Waals surface area (Å²) in [6.07, 6.45) is 14.7. The number of likely N-dealkylation sites (tertiary alicyclic amines) is 1. The van der Waals surface area contributed by atoms with E-state index in [4.69, 9.17) is 4.74 Å². The predicted octanol–water partition coefficient (Wildman–Crippen LogP) is 5.29. The molecule has 6 rings (SSSR count). The lowest BCUT2D eigenvalue weighted by atomic mass is 9.42. The Balaban J connectivity index is 1.17. The molecule has 5 aliphatic rings. The number of ether oxygens (including phenoxy) is 1. The van der Waals surface area contributed by atoms with Gasteiger partial charge in [-0.1, -0.05) is 50.3 Å². The Labute approximate surface area is 211 Å². The van der Waals surface area contributed by atoms with Crippen molar-refractivity contribution in [3.05, 3.63) is 48.0 Å². The van der Waals surface area contributed by atoms with Gasteiger partial charge in [-0.3, -0.25) is 0 Å². The van der Waals surface area contributed by atoms with E-state index in [-0.39, 0.29) is 11.3 Å². The molecule has 4 nitrogen and oxygen atoms in total. The molecule has 2 N–H and O–H groups in total. The van der Waals surface area contributed by atoms with Crippen molar-refractivity contribution in [1.82, 2.24) is 4.90 Å². The molecule has 8 atom stereocenters. The van der Waals surface area contributed by atoms with E-state index in [0.29, 0.717) is 17.9 Å². The van der Waals surface area contributed by atoms with E-state index in [1.807, 2.05) is 42.5 Å². The summed E-state index contributed by atoms with van der Waals surface area (Å²) in [7, 11) is 0. The zero-order chi connectivity index (χ0) is 24.3. The fourth-order valence-electron chi connectivity index (χ4n) is 9.32. The van der Waals surface area contributed by atoms with E-state index in [1.165, 1.54) is 45.2 Å². The van der Waals surface area contributed by atoms with Gasteiger partial charge in [-0.05, 0) is 106 Å². The van der Waals surface area contributed by atoms with Crippen LogP contribution in [-0.2, 0) is 10.3 Å². The minimum atomic E-state index is -1.12. The number of benzene rings is 1. The molecule has 1 aromatic rings. The third-order valence-corrected chi connectivity index (χ3v) is 11.6. The van der Waals surface area contributed by atoms with Crippen LogP contribution in [0.5, 0.6) is 0 Å². The highest BCUT2D eigenvalue weighted by Crippen LogP contribution is 2.69. The lowest BCUT2D eigenvalue weighted by Gasteiger charge is -2.64. The minimum absolute atomic E-state index is 0.212. The van der Waals surface area contributed by atoms with Crippen molar-refractivity contribution >= 4 is 0 Å². The standard InChI is InChI=1S/C31H45NO3/c1-28-14-12-25(35-21-20-32-18-6-7-19-32)22-24(28)10-11-27-26(28)13-15-29(2)30(33,16-17-31(27,29)34)23-8-4-3-5-9-23/h3-5,8-9,16-17,24-27,33-34H,6-7,10-15,18-22H2,1-2H3/t24?,25-,26-,27+,28-,29+,30-,31-/m0/s1. The van der Waals surface area contributed by atoms with Gasteiger partial charge >= 0.3 is 0 Å². The van der Waals surface area contributed by atoms with Gasteiger partial charge in [0.25, 0.3) is 0 Å². The maximum Gasteiger partial charge on any atom is 0.116 e. The maximum atomic E-state index is 12.4. The fraction of sp³-hybridized carbons (Fsp3) is 0.742. The summed E-state index contributed by atoms with van der Waals surface area (Å²) in [4.78, 5) is 2.55. The van der Waals surface area contributed by atoms with Crippen molar-refractivity contribution in [2.75, 3.05) is 26.2 Å². The van der Waals surface area contributed by atoms with Gasteiger partial charge in [0.2, 0.25) is 0 Å². The lowest BCUT2D eigenvalue weighted by molar-refractivity contribution is -0.228. The third-order valence-electron chi connectivity index (χ3n) is 11.6. The smallest absolute Gasteiger partial charge is 0.116 e. The molecule has 35 heavy (non-hydrogen) atoms. The first-order valence-electron chi connectivity index (χ1n) is 14.3. The van der Waals surface area contributed by atoms with Crippen molar-refractivity contribution in [2.45, 2.75) is 88.9 Å². The topological polar surface area (TPSA) is 52.9 Å². The number of hydrogen-bond acceptors (Lipinski definition) is 4. The molecule has 0 spiro atoms. The van der Waals surface area contributed by atoms with E-state index in [1.54, 1.807) is 0 Å². The van der Waals surface area contributed by atoms with Crippen molar-refractivity contribution in [3.63, 3.8) is 0 Å². The summed E-state index contributed by atoms with van der Waals surface area (Å²) >= 11 is 0. The second-order valence-corrected chi connectivity index (χ2v) is 13.0. The maximum absolute atomic E-state index is 12.4. The average Bonchev–Trinajstić information content (AvgIpc) is 3.46. The molecule has 0 bridgehead atoms. The zero-order valence-electron chi connectivity index (χ0n) is 21.8. The SMILES string of the molecule is C[C@]12CC[C@H]3[C@@H](CCC4C[C@@H](OCCN5CCCC5)CC[C@@]43C)[C@@]1(O)C=C[C@]2(O)c1ccccc1. The number of hydrogen-bond donors (Lipinski definition) is 2. The third kappa shape index (κ3) is 3.54. The van der Waals surface area contributed by atoms with E-state index >= 15 is 0 Å². The Morgan fingerprint density at radius 1 is 0.914 bits per heavy atom. The van der Waals surface area contributed by atoms with Gasteiger partial charge in [0.1, 0.15) is 5.60 Å². The van der Waals surface area contributed by atoms with Crippen LogP contribution < -0.4 is 0 Å². The van der Waals surface area contributed by atoms with Crippen LogP contribution in [0.3, 0.4) is 0 Å². The first kappa shape index (κ1) is 24.2. The summed E-state index contributed by atoms with van der Waals surface area (Å²) in [5, 5.41) is 24.4. The average molecular weight is 480 g/mol. The van der Waals surface area contributed by atoms with Crippen LogP contribution in [0, 0.1) is 28.6 Å². The molecule has 4 heteroatoms. The van der Waals surface area contributed by atoms with E-state index in [9.17, 15) is 10.2 Å². The highest BCUT2D eigenvalue weighted by molar-refractivity contribution is 5.41. The van der Waals surface area contributed by atoms with Crippen LogP contribution in [0.4, 0.5) is 0 Å². The number of fused-ring (bicyclic) bond motifs is 5. The molecule has 4 fully saturated rings. The van der Waals surface area contributed by atoms with E-state index in [2.05, 4.69) is 18.7 Å². The predicted molar refractivity (Wildman–Crippen MR) is 139 cm³/mol. The Kier molecular flexibility index (Phi) is 5.99. The number of aliphatic hydroxyl groups is 2. The lowest BCUT2D eigenvalue weighted by Crippen LogP contribution is -2.65. The molecule has 1 unspecified atom stereocenters. The first-order chi connectivity index (χ1) is 16.8. The van der Waals surface area contributed by atoms with Crippen molar-refractivity contribution in [3.8, 4) is 0 Å². The number of nitrogens with zero attached hydrogens (tertiary/aromatic N) is 1. The summed E-state index contributed by atoms with van der Waals surface area (Å²) in [6.45, 7) is 9.10. The first-order valence-corrected chi connectivity index (χ1v) is 14.3. The quantitative estimate of drug-likeness (QED) is 0.564. The highest BCUT2D eigenvalue weighted by Gasteiger charge is 2.70. The normalized spacial score (nSPS) is 47.3. The van der Waals surface area contributed by atoms with Crippen molar-refractivity contribution < 1.29 is 14.9 Å². The van der Waals surface area contributed by atoms with Crippen LogP contribution in [0.2, 0.25) is 0 Å². The van der Waals surface area contributed by atoms with Crippen LogP contribution in [0.25, 0.3) is 0 Å². The Hall–Kier alpha value is -1.20. The van der Waals surface area contributed by atoms with Crippen LogP contribution in [0.1, 0.15) is 77.2 Å². The molecule has 1 aliphatic heterocycles. The number of rotatable bonds is 5. The second kappa shape index (κ2) is 8.68. The van der Waals surface area contributed by atoms with Crippen LogP contribution in [0.15, 0.2) is 42.5 Å². The summed E-state index contributed by atoms with van der Waals surface area (Å²) in [5.41, 5.74) is -1.51. The minimum Gasteiger partial charge on any atom is -0.385 e. The molecule has 1 heterocycles. The van der Waals surface area contributed by atoms with Crippen molar-refractivity contribution in [2.24, 2.45) is 28.6 Å². The summed E-state index contributed by atoms with van der Waals surface area (Å²) in [5.74, 6) is 1.40. The molecule has 4 aliphatic carbocycles. The summed E-state index contributed by atoms with van der Waals surface area (Å²) in [6, 6.07) is 10.00. The van der Waals surface area contributed by atoms with Gasteiger partial charge in [-0.25, -0.2) is 0 Å². The van der Waals surface area contributed by atoms with Gasteiger partial charge in [0.05, 0.1) is 18.3 Å². The Morgan fingerprint density at radius 3 is 2.46 bits per heavy atom. The molecule has 0 amide bonds. The molecule has 0 aromatic heterocycles. The largest absolute Gasteiger partial charge is 0.385 e. The van der Waals surface area contributed by atoms with Crippen molar-refractivity contribution in [1.29, 1.82) is 0 Å². The molecular formula is C31H45NO3. The highest BCUT2D eigenvalue weighted by atomic mass is 16.5. The van der Waals surface area contributed by atoms with Gasteiger partial charge in [0.15, 0.2) is 0 Å². The summed E-state index contributed by atoms with van der Waals surface area (Å²) < 4.78 is 6.42.